The summed E-state index contributed by atoms with van der Waals surface area (Å²) in [6, 6.07) is 1.21. The van der Waals surface area contributed by atoms with Crippen LogP contribution < -0.4 is 16.5 Å². The van der Waals surface area contributed by atoms with Crippen molar-refractivity contribution in [3.8, 4) is 5.82 Å². The van der Waals surface area contributed by atoms with E-state index in [4.69, 9.17) is 22.1 Å². The monoisotopic (exact) mass is 442 g/mol. The highest BCUT2D eigenvalue weighted by Gasteiger charge is 2.24. The van der Waals surface area contributed by atoms with E-state index in [0.29, 0.717) is 6.07 Å². The number of nitrogens with two attached hydrogens (primary N) is 1. The molecule has 8 nitrogen and oxygen atoms in total. The predicted octanol–water partition coefficient (Wildman–Crippen LogP) is 2.80. The largest absolute Gasteiger partial charge is 0.477 e. The first kappa shape index (κ1) is 21.4. The Morgan fingerprint density at radius 1 is 1.30 bits per heavy atom. The summed E-state index contributed by atoms with van der Waals surface area (Å²) in [5, 5.41) is 11.2. The van der Waals surface area contributed by atoms with Gasteiger partial charge in [-0.1, -0.05) is 11.6 Å². The molecule has 0 unspecified atom stereocenters. The van der Waals surface area contributed by atoms with E-state index in [-0.39, 0.29) is 29.4 Å². The average Bonchev–Trinajstić information content (AvgIpc) is 2.68. The van der Waals surface area contributed by atoms with Gasteiger partial charge in [0.05, 0.1) is 28.2 Å². The number of halogens is 4. The van der Waals surface area contributed by atoms with Crippen molar-refractivity contribution in [1.82, 2.24) is 9.55 Å². The molecule has 0 atom stereocenters. The lowest BCUT2D eigenvalue weighted by atomic mass is 10.1. The number of anilines is 2. The van der Waals surface area contributed by atoms with Crippen LogP contribution in [0.1, 0.15) is 10.4 Å². The summed E-state index contributed by atoms with van der Waals surface area (Å²) in [5.41, 5.74) is 3.08. The average molecular weight is 443 g/mol. The van der Waals surface area contributed by atoms with Crippen molar-refractivity contribution >= 4 is 40.0 Å². The zero-order chi connectivity index (χ0) is 22.2. The third-order valence-corrected chi connectivity index (χ3v) is 4.55. The number of hydrogen-bond acceptors (Lipinski definition) is 6. The van der Waals surface area contributed by atoms with Crippen LogP contribution in [0.2, 0.25) is 5.02 Å². The van der Waals surface area contributed by atoms with Gasteiger partial charge in [-0.05, 0) is 6.07 Å². The van der Waals surface area contributed by atoms with Crippen LogP contribution in [-0.4, -0.2) is 40.9 Å². The molecule has 0 bridgehead atoms. The zero-order valence-corrected chi connectivity index (χ0v) is 16.1. The fraction of sp³-hybridized carbons (Fsp3) is 0.167. The molecule has 3 rings (SSSR count). The molecule has 3 aromatic rings. The Morgan fingerprint density at radius 3 is 2.63 bits per heavy atom. The third-order valence-electron chi connectivity index (χ3n) is 4.19. The Bertz CT molecular complexity index is 1230. The molecule has 0 saturated carbocycles. The van der Waals surface area contributed by atoms with Crippen LogP contribution in [0.15, 0.2) is 23.1 Å². The number of nitrogens with one attached hydrogen (secondary N) is 1. The summed E-state index contributed by atoms with van der Waals surface area (Å²) in [6.45, 7) is 0.343. The molecule has 0 saturated heterocycles. The molecule has 2 aromatic heterocycles. The number of nitrogen functional groups attached to an aromatic ring is 1. The summed E-state index contributed by atoms with van der Waals surface area (Å²) in [7, 11) is 1.43. The van der Waals surface area contributed by atoms with Gasteiger partial charge in [0.25, 0.3) is 0 Å². The molecule has 0 radical (unpaired) electrons. The number of aromatic carboxylic acids is 1. The zero-order valence-electron chi connectivity index (χ0n) is 15.3. The van der Waals surface area contributed by atoms with E-state index in [1.54, 1.807) is 0 Å². The molecule has 2 heterocycles. The minimum atomic E-state index is -1.65. The van der Waals surface area contributed by atoms with Crippen molar-refractivity contribution in [3.05, 3.63) is 56.6 Å². The fourth-order valence-electron chi connectivity index (χ4n) is 2.81. The highest BCUT2D eigenvalue weighted by atomic mass is 35.5. The van der Waals surface area contributed by atoms with Crippen LogP contribution in [0.4, 0.5) is 24.7 Å². The second kappa shape index (κ2) is 8.20. The molecule has 0 aliphatic carbocycles. The SMILES string of the molecule is COCCNc1c(F)cc2c(=O)c(C(=O)O)cn(-c3nc(N)c(F)cc3F)c2c1Cl. The minimum absolute atomic E-state index is 0.145. The van der Waals surface area contributed by atoms with Gasteiger partial charge < -0.3 is 20.9 Å². The van der Waals surface area contributed by atoms with E-state index in [1.165, 1.54) is 7.11 Å². The molecule has 0 aliphatic rings. The Balaban J connectivity index is 2.44. The van der Waals surface area contributed by atoms with Crippen LogP contribution in [-0.2, 0) is 4.74 Å². The maximum Gasteiger partial charge on any atom is 0.341 e. The number of benzene rings is 1. The lowest BCUT2D eigenvalue weighted by Gasteiger charge is -2.17. The number of pyridine rings is 2. The number of hydrogen-bond donors (Lipinski definition) is 3. The molecule has 1 aromatic carbocycles. The predicted molar refractivity (Wildman–Crippen MR) is 104 cm³/mol. The van der Waals surface area contributed by atoms with E-state index in [0.717, 1.165) is 16.8 Å². The third kappa shape index (κ3) is 3.64. The van der Waals surface area contributed by atoms with E-state index >= 15 is 0 Å². The van der Waals surface area contributed by atoms with Crippen LogP contribution in [0.25, 0.3) is 16.7 Å². The van der Waals surface area contributed by atoms with Gasteiger partial charge in [0.15, 0.2) is 23.3 Å². The molecule has 0 fully saturated rings. The number of carbonyl (C=O) groups is 1. The number of ether oxygens (including phenoxy) is 1. The van der Waals surface area contributed by atoms with Gasteiger partial charge in [-0.15, -0.1) is 0 Å². The number of fused-ring (bicyclic) bond motifs is 1. The Morgan fingerprint density at radius 2 is 2.00 bits per heavy atom. The summed E-state index contributed by atoms with van der Waals surface area (Å²) in [5.74, 6) is -6.24. The van der Waals surface area contributed by atoms with Crippen molar-refractivity contribution in [1.29, 1.82) is 0 Å². The first-order chi connectivity index (χ1) is 14.2. The quantitative estimate of drug-likeness (QED) is 0.502. The van der Waals surface area contributed by atoms with E-state index in [9.17, 15) is 27.9 Å². The van der Waals surface area contributed by atoms with Gasteiger partial charge in [0.2, 0.25) is 5.43 Å². The van der Waals surface area contributed by atoms with Gasteiger partial charge in [-0.25, -0.2) is 22.9 Å². The number of rotatable bonds is 6. The lowest BCUT2D eigenvalue weighted by molar-refractivity contribution is 0.0695. The molecule has 0 amide bonds. The number of methoxy groups -OCH3 is 1. The smallest absolute Gasteiger partial charge is 0.341 e. The van der Waals surface area contributed by atoms with Crippen LogP contribution >= 0.6 is 11.6 Å². The van der Waals surface area contributed by atoms with Crippen molar-refractivity contribution in [2.24, 2.45) is 0 Å². The molecular weight excluding hydrogens is 429 g/mol. The van der Waals surface area contributed by atoms with Crippen molar-refractivity contribution in [2.45, 2.75) is 0 Å². The van der Waals surface area contributed by atoms with Crippen molar-refractivity contribution in [3.63, 3.8) is 0 Å². The molecule has 12 heteroatoms. The lowest BCUT2D eigenvalue weighted by Crippen LogP contribution is -2.20. The molecular formula is C18H14ClF3N4O4. The van der Waals surface area contributed by atoms with Crippen LogP contribution in [0, 0.1) is 17.5 Å². The first-order valence-electron chi connectivity index (χ1n) is 8.32. The fourth-order valence-corrected chi connectivity index (χ4v) is 3.16. The van der Waals surface area contributed by atoms with Crippen molar-refractivity contribution < 1.29 is 27.8 Å². The Kier molecular flexibility index (Phi) is 5.85. The molecule has 30 heavy (non-hydrogen) atoms. The summed E-state index contributed by atoms with van der Waals surface area (Å²) < 4.78 is 48.3. The number of carboxylic acid groups (broad SMARTS) is 1. The highest BCUT2D eigenvalue weighted by molar-refractivity contribution is 6.38. The van der Waals surface area contributed by atoms with Gasteiger partial charge in [0.1, 0.15) is 11.4 Å². The normalized spacial score (nSPS) is 11.1. The Hall–Kier alpha value is -3.31. The number of nitrogens with zero attached hydrogens (tertiary/aromatic N) is 2. The second-order valence-electron chi connectivity index (χ2n) is 6.07. The molecule has 0 spiro atoms. The van der Waals surface area contributed by atoms with Crippen molar-refractivity contribution in [2.75, 3.05) is 31.3 Å². The summed E-state index contributed by atoms with van der Waals surface area (Å²) in [4.78, 5) is 27.7. The van der Waals surface area contributed by atoms with E-state index in [1.807, 2.05) is 0 Å². The molecule has 4 N–H and O–H groups in total. The number of aromatic nitrogens is 2. The van der Waals surface area contributed by atoms with Gasteiger partial charge in [0, 0.05) is 25.9 Å². The maximum absolute atomic E-state index is 14.6. The van der Waals surface area contributed by atoms with E-state index < -0.39 is 51.4 Å². The Labute approximate surface area is 171 Å². The van der Waals surface area contributed by atoms with Gasteiger partial charge in [-0.3, -0.25) is 9.36 Å². The second-order valence-corrected chi connectivity index (χ2v) is 6.45. The first-order valence-corrected chi connectivity index (χ1v) is 8.70. The van der Waals surface area contributed by atoms with Gasteiger partial charge >= 0.3 is 5.97 Å². The number of carboxylic acids is 1. The van der Waals surface area contributed by atoms with Gasteiger partial charge in [-0.2, -0.15) is 0 Å². The maximum atomic E-state index is 14.6. The molecule has 0 aliphatic heterocycles. The minimum Gasteiger partial charge on any atom is -0.477 e. The van der Waals surface area contributed by atoms with E-state index in [2.05, 4.69) is 10.3 Å². The van der Waals surface area contributed by atoms with Crippen LogP contribution in [0.5, 0.6) is 0 Å². The standard InChI is InChI=1S/C18H14ClF3N4O4/c1-30-3-2-24-13-9(20)4-7-14(12(13)19)26(6-8(15(7)27)18(28)29)17-11(22)5-10(21)16(23)25-17/h4-6,24H,2-3H2,1H3,(H2,23,25)(H,28,29). The summed E-state index contributed by atoms with van der Waals surface area (Å²) in [6.07, 6.45) is 0.762. The summed E-state index contributed by atoms with van der Waals surface area (Å²) >= 11 is 6.30. The highest BCUT2D eigenvalue weighted by Crippen LogP contribution is 2.34. The topological polar surface area (TPSA) is 119 Å². The molecule has 158 valence electrons. The van der Waals surface area contributed by atoms with Crippen LogP contribution in [0.3, 0.4) is 0 Å².